The van der Waals surface area contributed by atoms with Gasteiger partial charge in [-0.15, -0.1) is 0 Å². The lowest BCUT2D eigenvalue weighted by atomic mass is 10.1. The van der Waals surface area contributed by atoms with Crippen LogP contribution in [0.5, 0.6) is 5.75 Å². The van der Waals surface area contributed by atoms with Crippen molar-refractivity contribution in [3.63, 3.8) is 0 Å². The molecule has 1 aromatic carbocycles. The Morgan fingerprint density at radius 1 is 1.32 bits per heavy atom. The lowest BCUT2D eigenvalue weighted by Gasteiger charge is -2.14. The van der Waals surface area contributed by atoms with Crippen LogP contribution in [0.2, 0.25) is 0 Å². The van der Waals surface area contributed by atoms with Gasteiger partial charge in [0.05, 0.1) is 19.4 Å². The summed E-state index contributed by atoms with van der Waals surface area (Å²) in [5.41, 5.74) is 0.647. The summed E-state index contributed by atoms with van der Waals surface area (Å²) in [7, 11) is 0. The molecule has 7 nitrogen and oxygen atoms in total. The van der Waals surface area contributed by atoms with Crippen molar-refractivity contribution in [2.24, 2.45) is 0 Å². The van der Waals surface area contributed by atoms with E-state index in [9.17, 15) is 9.59 Å². The molecule has 0 spiro atoms. The summed E-state index contributed by atoms with van der Waals surface area (Å²) in [6, 6.07) is 8.11. The van der Waals surface area contributed by atoms with Crippen LogP contribution in [-0.2, 0) is 16.0 Å². The van der Waals surface area contributed by atoms with Crippen molar-refractivity contribution in [3.05, 3.63) is 48.5 Å². The number of hydrogen-bond acceptors (Lipinski definition) is 4. The maximum absolute atomic E-state index is 11.8. The molecule has 1 atom stereocenters. The fourth-order valence-electron chi connectivity index (χ4n) is 1.86. The first-order chi connectivity index (χ1) is 10.6. The lowest BCUT2D eigenvalue weighted by molar-refractivity contribution is -0.141. The molecule has 3 N–H and O–H groups in total. The van der Waals surface area contributed by atoms with E-state index in [0.717, 1.165) is 0 Å². The molecule has 1 amide bonds. The molecule has 0 saturated carbocycles. The average Bonchev–Trinajstić information content (AvgIpc) is 3.00. The van der Waals surface area contributed by atoms with Crippen molar-refractivity contribution < 1.29 is 19.4 Å². The highest BCUT2D eigenvalue weighted by molar-refractivity contribution is 5.83. The van der Waals surface area contributed by atoms with E-state index < -0.39 is 12.0 Å². The van der Waals surface area contributed by atoms with Crippen molar-refractivity contribution >= 4 is 11.9 Å². The van der Waals surface area contributed by atoms with E-state index in [1.54, 1.807) is 12.1 Å². The van der Waals surface area contributed by atoms with Gasteiger partial charge in [0.15, 0.2) is 0 Å². The molecule has 1 unspecified atom stereocenters. The zero-order valence-corrected chi connectivity index (χ0v) is 11.9. The summed E-state index contributed by atoms with van der Waals surface area (Å²) >= 11 is 0. The molecule has 1 aromatic heterocycles. The first-order valence-electron chi connectivity index (χ1n) is 6.82. The van der Waals surface area contributed by atoms with Crippen LogP contribution in [0.3, 0.4) is 0 Å². The number of amides is 1. The molecule has 0 fully saturated rings. The van der Waals surface area contributed by atoms with E-state index in [-0.39, 0.29) is 25.4 Å². The summed E-state index contributed by atoms with van der Waals surface area (Å²) in [5.74, 6) is -0.794. The van der Waals surface area contributed by atoms with Crippen LogP contribution < -0.4 is 10.1 Å². The number of carboxylic acids is 1. The van der Waals surface area contributed by atoms with Gasteiger partial charge >= 0.3 is 5.97 Å². The van der Waals surface area contributed by atoms with E-state index in [2.05, 4.69) is 15.3 Å². The average molecular weight is 303 g/mol. The summed E-state index contributed by atoms with van der Waals surface area (Å²) in [6.45, 7) is 0.187. The maximum atomic E-state index is 11.8. The monoisotopic (exact) mass is 303 g/mol. The van der Waals surface area contributed by atoms with Crippen LogP contribution in [0.15, 0.2) is 42.9 Å². The van der Waals surface area contributed by atoms with Crippen molar-refractivity contribution in [1.82, 2.24) is 15.3 Å². The van der Waals surface area contributed by atoms with E-state index in [1.165, 1.54) is 12.5 Å². The summed E-state index contributed by atoms with van der Waals surface area (Å²) in [6.07, 6.45) is 3.23. The number of carbonyl (C=O) groups excluding carboxylic acids is 1. The van der Waals surface area contributed by atoms with Crippen molar-refractivity contribution in [2.75, 3.05) is 6.61 Å². The Balaban J connectivity index is 1.77. The maximum Gasteiger partial charge on any atom is 0.326 e. The van der Waals surface area contributed by atoms with Gasteiger partial charge in [-0.05, 0) is 12.1 Å². The molecule has 22 heavy (non-hydrogen) atoms. The number of rotatable bonds is 8. The van der Waals surface area contributed by atoms with Gasteiger partial charge in [-0.25, -0.2) is 9.78 Å². The third-order valence-corrected chi connectivity index (χ3v) is 2.95. The third kappa shape index (κ3) is 4.93. The molecule has 0 aliphatic carbocycles. The number of carboxylic acid groups (broad SMARTS) is 1. The minimum absolute atomic E-state index is 0.0850. The van der Waals surface area contributed by atoms with Gasteiger partial charge in [-0.1, -0.05) is 18.2 Å². The molecule has 0 saturated heterocycles. The standard InChI is InChI=1S/C15H17N3O4/c19-14(6-7-22-12-4-2-1-3-5-12)18-13(15(20)21)8-11-9-16-10-17-11/h1-5,9-10,13H,6-8H2,(H,16,17)(H,18,19)(H,20,21). The number of aromatic nitrogens is 2. The third-order valence-electron chi connectivity index (χ3n) is 2.95. The Morgan fingerprint density at radius 2 is 2.09 bits per heavy atom. The van der Waals surface area contributed by atoms with E-state index in [0.29, 0.717) is 11.4 Å². The number of aromatic amines is 1. The second-order valence-electron chi connectivity index (χ2n) is 4.65. The smallest absolute Gasteiger partial charge is 0.326 e. The molecular formula is C15H17N3O4. The highest BCUT2D eigenvalue weighted by Crippen LogP contribution is 2.08. The molecule has 0 aliphatic heterocycles. The van der Waals surface area contributed by atoms with Crippen LogP contribution in [-0.4, -0.2) is 39.6 Å². The number of benzene rings is 1. The summed E-state index contributed by atoms with van der Waals surface area (Å²) in [4.78, 5) is 29.6. The Bertz CT molecular complexity index is 599. The van der Waals surface area contributed by atoms with Gasteiger partial charge in [0.1, 0.15) is 11.8 Å². The normalized spacial score (nSPS) is 11.6. The van der Waals surface area contributed by atoms with E-state index >= 15 is 0 Å². The van der Waals surface area contributed by atoms with Crippen LogP contribution in [0.4, 0.5) is 0 Å². The fraction of sp³-hybridized carbons (Fsp3) is 0.267. The quantitative estimate of drug-likeness (QED) is 0.674. The molecule has 0 aliphatic rings. The van der Waals surface area contributed by atoms with Gasteiger partial charge in [0.2, 0.25) is 5.91 Å². The Labute approximate surface area is 127 Å². The molecule has 2 rings (SSSR count). The van der Waals surface area contributed by atoms with Crippen molar-refractivity contribution in [2.45, 2.75) is 18.9 Å². The van der Waals surface area contributed by atoms with Crippen LogP contribution in [0.25, 0.3) is 0 Å². The molecule has 1 heterocycles. The number of ether oxygens (including phenoxy) is 1. The molecule has 0 radical (unpaired) electrons. The van der Waals surface area contributed by atoms with Gasteiger partial charge in [0, 0.05) is 18.3 Å². The van der Waals surface area contributed by atoms with E-state index in [1.807, 2.05) is 18.2 Å². The predicted molar refractivity (Wildman–Crippen MR) is 78.4 cm³/mol. The number of carbonyl (C=O) groups is 2. The predicted octanol–water partition coefficient (Wildman–Crippen LogP) is 0.991. The number of nitrogens with one attached hydrogen (secondary N) is 2. The number of hydrogen-bond donors (Lipinski definition) is 3. The van der Waals surface area contributed by atoms with E-state index in [4.69, 9.17) is 9.84 Å². The summed E-state index contributed by atoms with van der Waals surface area (Å²) < 4.78 is 5.40. The second kappa shape index (κ2) is 7.82. The number of H-pyrrole nitrogens is 1. The molecular weight excluding hydrogens is 286 g/mol. The van der Waals surface area contributed by atoms with Crippen LogP contribution in [0.1, 0.15) is 12.1 Å². The van der Waals surface area contributed by atoms with Crippen LogP contribution in [0, 0.1) is 0 Å². The fourth-order valence-corrected chi connectivity index (χ4v) is 1.86. The first kappa shape index (κ1) is 15.6. The zero-order valence-electron chi connectivity index (χ0n) is 11.9. The highest BCUT2D eigenvalue weighted by Gasteiger charge is 2.20. The number of aliphatic carboxylic acids is 1. The Morgan fingerprint density at radius 3 is 2.73 bits per heavy atom. The second-order valence-corrected chi connectivity index (χ2v) is 4.65. The SMILES string of the molecule is O=C(CCOc1ccccc1)NC(Cc1cnc[nH]1)C(=O)O. The number of nitrogens with zero attached hydrogens (tertiary/aromatic N) is 1. The van der Waals surface area contributed by atoms with Crippen molar-refractivity contribution in [1.29, 1.82) is 0 Å². The molecule has 7 heteroatoms. The highest BCUT2D eigenvalue weighted by atomic mass is 16.5. The largest absolute Gasteiger partial charge is 0.493 e. The molecule has 116 valence electrons. The minimum Gasteiger partial charge on any atom is -0.493 e. The van der Waals surface area contributed by atoms with Gasteiger partial charge in [-0.3, -0.25) is 4.79 Å². The first-order valence-corrected chi connectivity index (χ1v) is 6.82. The summed E-state index contributed by atoms with van der Waals surface area (Å²) in [5, 5.41) is 11.6. The van der Waals surface area contributed by atoms with Gasteiger partial charge in [0.25, 0.3) is 0 Å². The Hall–Kier alpha value is -2.83. The van der Waals surface area contributed by atoms with Gasteiger partial charge < -0.3 is 20.1 Å². The lowest BCUT2D eigenvalue weighted by Crippen LogP contribution is -2.42. The molecule has 2 aromatic rings. The number of imidazole rings is 1. The van der Waals surface area contributed by atoms with Gasteiger partial charge in [-0.2, -0.15) is 0 Å². The number of para-hydroxylation sites is 1. The van der Waals surface area contributed by atoms with Crippen molar-refractivity contribution in [3.8, 4) is 5.75 Å². The van der Waals surface area contributed by atoms with Crippen LogP contribution >= 0.6 is 0 Å². The minimum atomic E-state index is -1.09. The molecule has 0 bridgehead atoms. The topological polar surface area (TPSA) is 104 Å². The zero-order chi connectivity index (χ0) is 15.8. The Kier molecular flexibility index (Phi) is 5.53.